The zero-order valence-electron chi connectivity index (χ0n) is 16.2. The van der Waals surface area contributed by atoms with Crippen LogP contribution in [0.2, 0.25) is 5.02 Å². The number of hydrazone groups is 1. The fraction of sp³-hybridized carbons (Fsp3) is 0.143. The SMILES string of the molecule is C=C(C)Cn1c(SCC(=O)N/N=C/c2ccccc2Cl)nnc1-c1ccc(Br)cc1. The fourth-order valence-corrected chi connectivity index (χ4v) is 3.72. The summed E-state index contributed by atoms with van der Waals surface area (Å²) in [6.45, 7) is 6.49. The van der Waals surface area contributed by atoms with Crippen LogP contribution < -0.4 is 5.43 Å². The maximum absolute atomic E-state index is 12.2. The summed E-state index contributed by atoms with van der Waals surface area (Å²) >= 11 is 10.8. The number of hydrogen-bond donors (Lipinski definition) is 1. The lowest BCUT2D eigenvalue weighted by molar-refractivity contribution is -0.118. The van der Waals surface area contributed by atoms with Crippen LogP contribution in [0.15, 0.2) is 75.4 Å². The van der Waals surface area contributed by atoms with Crippen molar-refractivity contribution >= 4 is 51.4 Å². The minimum atomic E-state index is -0.252. The van der Waals surface area contributed by atoms with Gasteiger partial charge in [0.05, 0.1) is 12.0 Å². The van der Waals surface area contributed by atoms with Crippen molar-refractivity contribution in [1.29, 1.82) is 0 Å². The largest absolute Gasteiger partial charge is 0.298 e. The summed E-state index contributed by atoms with van der Waals surface area (Å²) < 4.78 is 2.94. The summed E-state index contributed by atoms with van der Waals surface area (Å²) in [7, 11) is 0. The number of rotatable bonds is 8. The Morgan fingerprint density at radius 1 is 1.27 bits per heavy atom. The van der Waals surface area contributed by atoms with E-state index in [-0.39, 0.29) is 11.7 Å². The van der Waals surface area contributed by atoms with Gasteiger partial charge < -0.3 is 0 Å². The molecule has 0 radical (unpaired) electrons. The summed E-state index contributed by atoms with van der Waals surface area (Å²) in [6.07, 6.45) is 1.51. The number of thioether (sulfide) groups is 1. The second-order valence-electron chi connectivity index (χ2n) is 6.46. The maximum atomic E-state index is 12.2. The first-order valence-electron chi connectivity index (χ1n) is 8.97. The molecule has 3 aromatic rings. The summed E-state index contributed by atoms with van der Waals surface area (Å²) in [6, 6.07) is 15.1. The topological polar surface area (TPSA) is 72.2 Å². The molecule has 0 saturated heterocycles. The molecule has 0 bridgehead atoms. The van der Waals surface area contributed by atoms with Crippen LogP contribution in [0.3, 0.4) is 0 Å². The molecule has 0 atom stereocenters. The second kappa shape index (κ2) is 10.6. The first-order valence-corrected chi connectivity index (χ1v) is 11.1. The molecule has 1 heterocycles. The number of allylic oxidation sites excluding steroid dienone is 1. The molecule has 0 unspecified atom stereocenters. The van der Waals surface area contributed by atoms with E-state index < -0.39 is 0 Å². The predicted octanol–water partition coefficient (Wildman–Crippen LogP) is 5.18. The van der Waals surface area contributed by atoms with Crippen LogP contribution in [0, 0.1) is 0 Å². The number of aromatic nitrogens is 3. The third-order valence-corrected chi connectivity index (χ3v) is 5.72. The Kier molecular flexibility index (Phi) is 7.84. The molecule has 1 N–H and O–H groups in total. The lowest BCUT2D eigenvalue weighted by atomic mass is 10.2. The minimum absolute atomic E-state index is 0.147. The number of nitrogens with one attached hydrogen (secondary N) is 1. The van der Waals surface area contributed by atoms with Crippen LogP contribution in [0.1, 0.15) is 12.5 Å². The number of halogens is 2. The van der Waals surface area contributed by atoms with Crippen LogP contribution in [0.4, 0.5) is 0 Å². The van der Waals surface area contributed by atoms with Gasteiger partial charge in [-0.1, -0.05) is 81.8 Å². The molecule has 0 fully saturated rings. The highest BCUT2D eigenvalue weighted by molar-refractivity contribution is 9.10. The van der Waals surface area contributed by atoms with Crippen LogP contribution in [0.5, 0.6) is 0 Å². The summed E-state index contributed by atoms with van der Waals surface area (Å²) in [5.74, 6) is 0.623. The van der Waals surface area contributed by atoms with E-state index in [0.29, 0.717) is 16.7 Å². The van der Waals surface area contributed by atoms with Crippen LogP contribution in [-0.2, 0) is 11.3 Å². The molecule has 0 aliphatic carbocycles. The Hall–Kier alpha value is -2.42. The van der Waals surface area contributed by atoms with Crippen molar-refractivity contribution in [3.05, 3.63) is 75.7 Å². The van der Waals surface area contributed by atoms with E-state index in [4.69, 9.17) is 11.6 Å². The number of benzene rings is 2. The molecule has 1 aromatic heterocycles. The molecular formula is C21H19BrClN5OS. The van der Waals surface area contributed by atoms with Gasteiger partial charge in [0.2, 0.25) is 0 Å². The first-order chi connectivity index (χ1) is 14.4. The Morgan fingerprint density at radius 2 is 2.00 bits per heavy atom. The van der Waals surface area contributed by atoms with E-state index in [1.165, 1.54) is 18.0 Å². The number of carbonyl (C=O) groups is 1. The molecule has 154 valence electrons. The Bertz CT molecular complexity index is 1080. The summed E-state index contributed by atoms with van der Waals surface area (Å²) in [5.41, 5.74) is 5.13. The molecule has 3 rings (SSSR count). The number of nitrogens with zero attached hydrogens (tertiary/aromatic N) is 4. The van der Waals surface area contributed by atoms with Crippen molar-refractivity contribution in [2.75, 3.05) is 5.75 Å². The molecular weight excluding hydrogens is 486 g/mol. The van der Waals surface area contributed by atoms with Gasteiger partial charge in [-0.2, -0.15) is 5.10 Å². The second-order valence-corrected chi connectivity index (χ2v) is 8.73. The van der Waals surface area contributed by atoms with Crippen molar-refractivity contribution in [3.8, 4) is 11.4 Å². The van der Waals surface area contributed by atoms with Crippen molar-refractivity contribution in [2.24, 2.45) is 5.10 Å². The van der Waals surface area contributed by atoms with Crippen molar-refractivity contribution in [1.82, 2.24) is 20.2 Å². The van der Waals surface area contributed by atoms with E-state index in [1.54, 1.807) is 6.07 Å². The van der Waals surface area contributed by atoms with E-state index in [0.717, 1.165) is 27.0 Å². The molecule has 9 heteroatoms. The van der Waals surface area contributed by atoms with Gasteiger partial charge in [-0.15, -0.1) is 10.2 Å². The average Bonchev–Trinajstić information content (AvgIpc) is 3.10. The zero-order valence-corrected chi connectivity index (χ0v) is 19.3. The minimum Gasteiger partial charge on any atom is -0.298 e. The third kappa shape index (κ3) is 6.04. The van der Waals surface area contributed by atoms with Gasteiger partial charge in [0, 0.05) is 27.2 Å². The number of amides is 1. The van der Waals surface area contributed by atoms with Gasteiger partial charge in [0.1, 0.15) is 0 Å². The molecule has 0 spiro atoms. The quantitative estimate of drug-likeness (QED) is 0.199. The number of hydrogen-bond acceptors (Lipinski definition) is 5. The average molecular weight is 505 g/mol. The molecule has 0 saturated carbocycles. The highest BCUT2D eigenvalue weighted by Crippen LogP contribution is 2.26. The zero-order chi connectivity index (χ0) is 21.5. The molecule has 1 amide bonds. The van der Waals surface area contributed by atoms with E-state index >= 15 is 0 Å². The molecule has 0 aliphatic heterocycles. The van der Waals surface area contributed by atoms with Gasteiger partial charge in [-0.05, 0) is 25.1 Å². The van der Waals surface area contributed by atoms with E-state index in [2.05, 4.69) is 43.2 Å². The summed E-state index contributed by atoms with van der Waals surface area (Å²) in [5, 5.41) is 13.8. The molecule has 0 aliphatic rings. The Balaban J connectivity index is 1.67. The highest BCUT2D eigenvalue weighted by Gasteiger charge is 2.15. The highest BCUT2D eigenvalue weighted by atomic mass is 79.9. The standard InChI is InChI=1S/C21H19BrClN5OS/c1-14(2)12-28-20(15-7-9-17(22)10-8-15)26-27-21(28)30-13-19(29)25-24-11-16-5-3-4-6-18(16)23/h3-11H,1,12-13H2,2H3,(H,25,29)/b24-11+. The van der Waals surface area contributed by atoms with Crippen LogP contribution >= 0.6 is 39.3 Å². The molecule has 6 nitrogen and oxygen atoms in total. The van der Waals surface area contributed by atoms with Gasteiger partial charge in [0.25, 0.3) is 5.91 Å². The van der Waals surface area contributed by atoms with Crippen molar-refractivity contribution < 1.29 is 4.79 Å². The molecule has 2 aromatic carbocycles. The lowest BCUT2D eigenvalue weighted by Crippen LogP contribution is -2.20. The Morgan fingerprint density at radius 3 is 2.70 bits per heavy atom. The Labute approximate surface area is 192 Å². The van der Waals surface area contributed by atoms with Gasteiger partial charge in [-0.25, -0.2) is 5.43 Å². The predicted molar refractivity (Wildman–Crippen MR) is 126 cm³/mol. The van der Waals surface area contributed by atoms with Crippen LogP contribution in [-0.4, -0.2) is 32.6 Å². The van der Waals surface area contributed by atoms with E-state index in [1.807, 2.05) is 54.0 Å². The van der Waals surface area contributed by atoms with E-state index in [9.17, 15) is 4.79 Å². The van der Waals surface area contributed by atoms with Gasteiger partial charge in [0.15, 0.2) is 11.0 Å². The summed E-state index contributed by atoms with van der Waals surface area (Å²) in [4.78, 5) is 12.2. The smallest absolute Gasteiger partial charge is 0.250 e. The first kappa shape index (κ1) is 22.3. The van der Waals surface area contributed by atoms with Crippen molar-refractivity contribution in [3.63, 3.8) is 0 Å². The maximum Gasteiger partial charge on any atom is 0.250 e. The lowest BCUT2D eigenvalue weighted by Gasteiger charge is -2.10. The molecule has 30 heavy (non-hydrogen) atoms. The van der Waals surface area contributed by atoms with Crippen LogP contribution in [0.25, 0.3) is 11.4 Å². The van der Waals surface area contributed by atoms with Gasteiger partial charge >= 0.3 is 0 Å². The van der Waals surface area contributed by atoms with Gasteiger partial charge in [-0.3, -0.25) is 9.36 Å². The van der Waals surface area contributed by atoms with Crippen molar-refractivity contribution in [2.45, 2.75) is 18.6 Å². The normalized spacial score (nSPS) is 11.0. The third-order valence-electron chi connectivity index (χ3n) is 3.88. The monoisotopic (exact) mass is 503 g/mol. The fourth-order valence-electron chi connectivity index (χ4n) is 2.54. The number of carbonyl (C=O) groups excluding carboxylic acids is 1.